The van der Waals surface area contributed by atoms with E-state index in [9.17, 15) is 8.42 Å². The Balaban J connectivity index is 1.67. The lowest BCUT2D eigenvalue weighted by atomic mass is 10.2. The van der Waals surface area contributed by atoms with Crippen molar-refractivity contribution in [1.82, 2.24) is 0 Å². The zero-order valence-electron chi connectivity index (χ0n) is 12.7. The highest BCUT2D eigenvalue weighted by Gasteiger charge is 2.14. The maximum atomic E-state index is 12.3. The molecule has 0 amide bonds. The van der Waals surface area contributed by atoms with Gasteiger partial charge in [0.15, 0.2) is 0 Å². The van der Waals surface area contributed by atoms with Gasteiger partial charge in [0.25, 0.3) is 0 Å². The van der Waals surface area contributed by atoms with Crippen LogP contribution >= 0.6 is 11.6 Å². The minimum absolute atomic E-state index is 0.0958. The predicted molar refractivity (Wildman–Crippen MR) is 95.6 cm³/mol. The lowest BCUT2D eigenvalue weighted by Crippen LogP contribution is -2.18. The van der Waals surface area contributed by atoms with E-state index in [0.29, 0.717) is 16.3 Å². The van der Waals surface area contributed by atoms with Crippen LogP contribution in [0.25, 0.3) is 0 Å². The van der Waals surface area contributed by atoms with Crippen LogP contribution in [0.2, 0.25) is 5.02 Å². The van der Waals surface area contributed by atoms with E-state index >= 15 is 0 Å². The van der Waals surface area contributed by atoms with Crippen LogP contribution in [0.1, 0.15) is 18.4 Å². The highest BCUT2D eigenvalue weighted by molar-refractivity contribution is 7.91. The van der Waals surface area contributed by atoms with Gasteiger partial charge in [-0.25, -0.2) is 8.42 Å². The summed E-state index contributed by atoms with van der Waals surface area (Å²) in [5, 5.41) is 0.535. The van der Waals surface area contributed by atoms with Gasteiger partial charge in [-0.05, 0) is 54.8 Å². The van der Waals surface area contributed by atoms with Crippen molar-refractivity contribution in [3.63, 3.8) is 0 Å². The van der Waals surface area contributed by atoms with Crippen LogP contribution in [0.3, 0.4) is 0 Å². The Hall–Kier alpha value is -1.72. The van der Waals surface area contributed by atoms with E-state index in [-0.39, 0.29) is 5.75 Å². The van der Waals surface area contributed by atoms with Crippen LogP contribution in [0.4, 0.5) is 11.4 Å². The molecular weight excluding hydrogens is 332 g/mol. The molecule has 0 unspecified atom stereocenters. The maximum absolute atomic E-state index is 12.3. The molecule has 0 aromatic heterocycles. The Kier molecular flexibility index (Phi) is 4.78. The summed E-state index contributed by atoms with van der Waals surface area (Å²) >= 11 is 5.89. The van der Waals surface area contributed by atoms with Crippen molar-refractivity contribution in [2.24, 2.45) is 0 Å². The maximum Gasteiger partial charge on any atom is 0.236 e. The first-order valence-corrected chi connectivity index (χ1v) is 9.65. The lowest BCUT2D eigenvalue weighted by Gasteiger charge is -2.18. The molecule has 1 fully saturated rings. The molecule has 6 heteroatoms. The quantitative estimate of drug-likeness (QED) is 0.890. The highest BCUT2D eigenvalue weighted by Crippen LogP contribution is 2.23. The monoisotopic (exact) mass is 350 g/mol. The molecule has 0 spiro atoms. The molecule has 3 rings (SSSR count). The smallest absolute Gasteiger partial charge is 0.236 e. The van der Waals surface area contributed by atoms with Gasteiger partial charge in [0.1, 0.15) is 0 Å². The summed E-state index contributed by atoms with van der Waals surface area (Å²) in [5.74, 6) is -0.0958. The number of nitrogens with one attached hydrogen (secondary N) is 1. The molecule has 0 atom stereocenters. The first kappa shape index (κ1) is 16.1. The van der Waals surface area contributed by atoms with Crippen LogP contribution in [0.15, 0.2) is 48.5 Å². The molecule has 1 N–H and O–H groups in total. The summed E-state index contributed by atoms with van der Waals surface area (Å²) in [6.07, 6.45) is 2.43. The van der Waals surface area contributed by atoms with Crippen molar-refractivity contribution in [3.05, 3.63) is 59.1 Å². The number of nitrogens with zero attached hydrogens (tertiary/aromatic N) is 1. The molecule has 1 aliphatic rings. The third kappa shape index (κ3) is 4.39. The molecule has 122 valence electrons. The van der Waals surface area contributed by atoms with Crippen molar-refractivity contribution in [3.8, 4) is 0 Å². The average Bonchev–Trinajstić information content (AvgIpc) is 3.01. The van der Waals surface area contributed by atoms with E-state index in [4.69, 9.17) is 11.6 Å². The van der Waals surface area contributed by atoms with Gasteiger partial charge in [0.05, 0.1) is 5.75 Å². The number of hydrogen-bond donors (Lipinski definition) is 1. The second-order valence-corrected chi connectivity index (χ2v) is 7.89. The van der Waals surface area contributed by atoms with Gasteiger partial charge in [-0.1, -0.05) is 23.7 Å². The molecule has 0 radical (unpaired) electrons. The molecule has 1 aliphatic heterocycles. The fraction of sp³-hybridized carbons (Fsp3) is 0.294. The third-order valence-electron chi connectivity index (χ3n) is 3.86. The first-order chi connectivity index (χ1) is 11.0. The van der Waals surface area contributed by atoms with E-state index in [0.717, 1.165) is 18.8 Å². The van der Waals surface area contributed by atoms with Gasteiger partial charge in [-0.15, -0.1) is 0 Å². The molecule has 2 aromatic rings. The first-order valence-electron chi connectivity index (χ1n) is 7.62. The second kappa shape index (κ2) is 6.81. The minimum Gasteiger partial charge on any atom is -0.372 e. The van der Waals surface area contributed by atoms with Crippen molar-refractivity contribution in [2.45, 2.75) is 18.6 Å². The molecule has 1 saturated heterocycles. The van der Waals surface area contributed by atoms with E-state index in [1.165, 1.54) is 12.8 Å². The van der Waals surface area contributed by atoms with Crippen molar-refractivity contribution in [1.29, 1.82) is 0 Å². The summed E-state index contributed by atoms with van der Waals surface area (Å²) in [7, 11) is -3.46. The van der Waals surface area contributed by atoms with Crippen LogP contribution in [0.5, 0.6) is 0 Å². The lowest BCUT2D eigenvalue weighted by molar-refractivity contribution is 0.600. The van der Waals surface area contributed by atoms with Crippen LogP contribution in [-0.2, 0) is 15.8 Å². The third-order valence-corrected chi connectivity index (χ3v) is 5.35. The second-order valence-electron chi connectivity index (χ2n) is 5.73. The summed E-state index contributed by atoms with van der Waals surface area (Å²) in [4.78, 5) is 2.31. The molecule has 0 bridgehead atoms. The largest absolute Gasteiger partial charge is 0.372 e. The van der Waals surface area contributed by atoms with Gasteiger partial charge < -0.3 is 4.90 Å². The van der Waals surface area contributed by atoms with Crippen molar-refractivity contribution < 1.29 is 8.42 Å². The molecule has 2 aromatic carbocycles. The molecular formula is C17H19ClN2O2S. The fourth-order valence-corrected chi connectivity index (χ4v) is 4.18. The molecule has 1 heterocycles. The Labute approximate surface area is 142 Å². The Morgan fingerprint density at radius 1 is 1.04 bits per heavy atom. The molecule has 4 nitrogen and oxygen atoms in total. The number of sulfonamides is 1. The summed E-state index contributed by atoms with van der Waals surface area (Å²) in [5.41, 5.74) is 2.38. The van der Waals surface area contributed by atoms with Gasteiger partial charge >= 0.3 is 0 Å². The van der Waals surface area contributed by atoms with Gasteiger partial charge in [0, 0.05) is 29.5 Å². The van der Waals surface area contributed by atoms with Crippen molar-refractivity contribution in [2.75, 3.05) is 22.7 Å². The van der Waals surface area contributed by atoms with E-state index < -0.39 is 10.0 Å². The van der Waals surface area contributed by atoms with Gasteiger partial charge in [0.2, 0.25) is 10.0 Å². The number of halogens is 1. The van der Waals surface area contributed by atoms with Crippen LogP contribution in [-0.4, -0.2) is 21.5 Å². The molecule has 23 heavy (non-hydrogen) atoms. The normalized spacial score (nSPS) is 14.9. The van der Waals surface area contributed by atoms with E-state index in [1.807, 2.05) is 24.3 Å². The van der Waals surface area contributed by atoms with Crippen LogP contribution in [0, 0.1) is 0 Å². The fourth-order valence-electron chi connectivity index (χ4n) is 2.78. The Morgan fingerprint density at radius 2 is 1.74 bits per heavy atom. The SMILES string of the molecule is O=S(=O)(Cc1cccc(Cl)c1)Nc1ccc(N2CCCC2)cc1. The van der Waals surface area contributed by atoms with E-state index in [2.05, 4.69) is 9.62 Å². The average molecular weight is 351 g/mol. The number of hydrogen-bond acceptors (Lipinski definition) is 3. The standard InChI is InChI=1S/C17H19ClN2O2S/c18-15-5-3-4-14(12-15)13-23(21,22)19-16-6-8-17(9-7-16)20-10-1-2-11-20/h3-9,12,19H,1-2,10-11,13H2. The topological polar surface area (TPSA) is 49.4 Å². The number of anilines is 2. The van der Waals surface area contributed by atoms with Crippen molar-refractivity contribution >= 4 is 33.0 Å². The van der Waals surface area contributed by atoms with Gasteiger partial charge in [-0.3, -0.25) is 4.72 Å². The predicted octanol–water partition coefficient (Wildman–Crippen LogP) is 3.88. The molecule has 0 saturated carbocycles. The van der Waals surface area contributed by atoms with Gasteiger partial charge in [-0.2, -0.15) is 0 Å². The zero-order chi connectivity index (χ0) is 16.3. The highest BCUT2D eigenvalue weighted by atomic mass is 35.5. The number of rotatable bonds is 5. The zero-order valence-corrected chi connectivity index (χ0v) is 14.3. The summed E-state index contributed by atoms with van der Waals surface area (Å²) in [6, 6.07) is 14.4. The summed E-state index contributed by atoms with van der Waals surface area (Å²) < 4.78 is 27.1. The number of benzene rings is 2. The van der Waals surface area contributed by atoms with Crippen LogP contribution < -0.4 is 9.62 Å². The minimum atomic E-state index is -3.46. The molecule has 0 aliphatic carbocycles. The summed E-state index contributed by atoms with van der Waals surface area (Å²) in [6.45, 7) is 2.14. The Morgan fingerprint density at radius 3 is 2.39 bits per heavy atom. The van der Waals surface area contributed by atoms with E-state index in [1.54, 1.807) is 24.3 Å². The Bertz CT molecular complexity index is 769.